The predicted molar refractivity (Wildman–Crippen MR) is 93.0 cm³/mol. The zero-order valence-electron chi connectivity index (χ0n) is 13.5. The van der Waals surface area contributed by atoms with E-state index in [2.05, 4.69) is 6.58 Å². The molecule has 0 aliphatic carbocycles. The van der Waals surface area contributed by atoms with Crippen molar-refractivity contribution in [3.63, 3.8) is 0 Å². The summed E-state index contributed by atoms with van der Waals surface area (Å²) in [6.07, 6.45) is 1.16. The molecule has 0 radical (unpaired) electrons. The molecule has 0 saturated carbocycles. The van der Waals surface area contributed by atoms with Crippen molar-refractivity contribution < 1.29 is 19.4 Å². The Bertz CT molecular complexity index is 1010. The van der Waals surface area contributed by atoms with Crippen LogP contribution in [0.2, 0.25) is 0 Å². The largest absolute Gasteiger partial charge is 0.508 e. The molecule has 1 aromatic heterocycles. The van der Waals surface area contributed by atoms with E-state index in [9.17, 15) is 15.0 Å². The fourth-order valence-corrected chi connectivity index (χ4v) is 2.76. The molecule has 0 aliphatic rings. The number of fused-ring (bicyclic) bond motifs is 2. The molecule has 3 rings (SSSR count). The lowest BCUT2D eigenvalue weighted by Gasteiger charge is -2.13. The van der Waals surface area contributed by atoms with E-state index in [4.69, 9.17) is 9.15 Å². The van der Waals surface area contributed by atoms with E-state index in [0.29, 0.717) is 29.7 Å². The highest BCUT2D eigenvalue weighted by molar-refractivity contribution is 5.95. The average molecular weight is 326 g/mol. The average Bonchev–Trinajstić information content (AvgIpc) is 2.54. The molecule has 0 saturated heterocycles. The van der Waals surface area contributed by atoms with E-state index in [0.717, 1.165) is 5.57 Å². The number of ether oxygens (including phenoxy) is 1. The van der Waals surface area contributed by atoms with Crippen LogP contribution >= 0.6 is 0 Å². The summed E-state index contributed by atoms with van der Waals surface area (Å²) in [5.41, 5.74) is 1.69. The van der Waals surface area contributed by atoms with Crippen LogP contribution in [0.5, 0.6) is 17.2 Å². The highest BCUT2D eigenvalue weighted by Gasteiger charge is 2.19. The number of rotatable bonds is 4. The standard InChI is InChI=1S/C19H18O5/c1-10(2)4-6-12-15(23-3)9-16-17(18(12)21)19(22)13-8-11(20)5-7-14(13)24-16/h5,7-9,20-21H,1,4,6H2,2-3H3. The molecule has 2 N–H and O–H groups in total. The fourth-order valence-electron chi connectivity index (χ4n) is 2.76. The zero-order chi connectivity index (χ0) is 17.4. The van der Waals surface area contributed by atoms with Crippen molar-refractivity contribution in [3.8, 4) is 17.2 Å². The van der Waals surface area contributed by atoms with Gasteiger partial charge in [-0.25, -0.2) is 0 Å². The van der Waals surface area contributed by atoms with Crippen LogP contribution in [-0.4, -0.2) is 17.3 Å². The van der Waals surface area contributed by atoms with Gasteiger partial charge in [-0.3, -0.25) is 4.79 Å². The molecule has 1 heterocycles. The minimum Gasteiger partial charge on any atom is -0.508 e. The number of hydrogen-bond acceptors (Lipinski definition) is 5. The van der Waals surface area contributed by atoms with Crippen LogP contribution in [0, 0.1) is 0 Å². The molecule has 3 aromatic rings. The smallest absolute Gasteiger partial charge is 0.204 e. The summed E-state index contributed by atoms with van der Waals surface area (Å²) < 4.78 is 11.1. The number of hydrogen-bond donors (Lipinski definition) is 2. The van der Waals surface area contributed by atoms with E-state index in [1.807, 2.05) is 6.92 Å². The lowest BCUT2D eigenvalue weighted by atomic mass is 10.0. The van der Waals surface area contributed by atoms with Gasteiger partial charge in [-0.2, -0.15) is 0 Å². The van der Waals surface area contributed by atoms with Gasteiger partial charge in [0.15, 0.2) is 0 Å². The van der Waals surface area contributed by atoms with Crippen LogP contribution in [0.25, 0.3) is 21.9 Å². The fraction of sp³-hybridized carbons (Fsp3) is 0.211. The number of phenols is 2. The highest BCUT2D eigenvalue weighted by Crippen LogP contribution is 2.37. The molecule has 0 unspecified atom stereocenters. The normalized spacial score (nSPS) is 11.1. The lowest BCUT2D eigenvalue weighted by molar-refractivity contribution is 0.400. The third kappa shape index (κ3) is 2.58. The Labute approximate surface area is 138 Å². The summed E-state index contributed by atoms with van der Waals surface area (Å²) in [6.45, 7) is 5.75. The maximum atomic E-state index is 12.8. The van der Waals surface area contributed by atoms with Gasteiger partial charge in [-0.1, -0.05) is 5.57 Å². The third-order valence-electron chi connectivity index (χ3n) is 4.01. The quantitative estimate of drug-likeness (QED) is 0.562. The maximum absolute atomic E-state index is 12.8. The van der Waals surface area contributed by atoms with Crippen molar-refractivity contribution in [1.29, 1.82) is 0 Å². The summed E-state index contributed by atoms with van der Waals surface area (Å²) >= 11 is 0. The first-order valence-corrected chi connectivity index (χ1v) is 7.55. The SMILES string of the molecule is C=C(C)CCc1c(OC)cc2oc3ccc(O)cc3c(=O)c2c1O. The number of allylic oxidation sites excluding steroid dienone is 1. The Morgan fingerprint density at radius 1 is 1.25 bits per heavy atom. The number of aromatic hydroxyl groups is 2. The zero-order valence-corrected chi connectivity index (χ0v) is 13.5. The van der Waals surface area contributed by atoms with Gasteiger partial charge in [0.05, 0.1) is 12.5 Å². The molecule has 124 valence electrons. The van der Waals surface area contributed by atoms with Gasteiger partial charge in [-0.15, -0.1) is 6.58 Å². The first-order chi connectivity index (χ1) is 11.4. The van der Waals surface area contributed by atoms with Crippen LogP contribution in [0.3, 0.4) is 0 Å². The van der Waals surface area contributed by atoms with Gasteiger partial charge < -0.3 is 19.4 Å². The first kappa shape index (κ1) is 15.9. The lowest BCUT2D eigenvalue weighted by Crippen LogP contribution is -2.05. The number of phenolic OH excluding ortho intramolecular Hbond substituents is 2. The molecule has 5 heteroatoms. The minimum atomic E-state index is -0.390. The van der Waals surface area contributed by atoms with Crippen LogP contribution in [0.15, 0.2) is 45.6 Å². The second-order valence-electron chi connectivity index (χ2n) is 5.85. The second kappa shape index (κ2) is 5.92. The van der Waals surface area contributed by atoms with Crippen LogP contribution in [-0.2, 0) is 6.42 Å². The number of methoxy groups -OCH3 is 1. The Hall–Kier alpha value is -2.95. The van der Waals surface area contributed by atoms with E-state index in [1.54, 1.807) is 6.07 Å². The van der Waals surface area contributed by atoms with Crippen molar-refractivity contribution >= 4 is 21.9 Å². The molecular weight excluding hydrogens is 308 g/mol. The molecule has 0 amide bonds. The molecule has 24 heavy (non-hydrogen) atoms. The molecule has 5 nitrogen and oxygen atoms in total. The van der Waals surface area contributed by atoms with E-state index < -0.39 is 0 Å². The van der Waals surface area contributed by atoms with E-state index in [1.165, 1.54) is 25.3 Å². The summed E-state index contributed by atoms with van der Waals surface area (Å²) in [5, 5.41) is 20.6. The molecule has 0 spiro atoms. The molecule has 2 aromatic carbocycles. The molecule has 0 fully saturated rings. The Kier molecular flexibility index (Phi) is 3.93. The van der Waals surface area contributed by atoms with Gasteiger partial charge in [0.1, 0.15) is 33.8 Å². The van der Waals surface area contributed by atoms with Gasteiger partial charge in [0, 0.05) is 11.6 Å². The Balaban J connectivity index is 2.36. The molecule has 0 atom stereocenters. The van der Waals surface area contributed by atoms with Crippen molar-refractivity contribution in [1.82, 2.24) is 0 Å². The van der Waals surface area contributed by atoms with Crippen molar-refractivity contribution in [2.24, 2.45) is 0 Å². The number of benzene rings is 2. The van der Waals surface area contributed by atoms with Gasteiger partial charge in [-0.05, 0) is 38.0 Å². The molecule has 0 bridgehead atoms. The Morgan fingerprint density at radius 2 is 2.00 bits per heavy atom. The molecule has 0 aliphatic heterocycles. The highest BCUT2D eigenvalue weighted by atomic mass is 16.5. The Morgan fingerprint density at radius 3 is 2.67 bits per heavy atom. The van der Waals surface area contributed by atoms with E-state index >= 15 is 0 Å². The van der Waals surface area contributed by atoms with Crippen LogP contribution in [0.1, 0.15) is 18.9 Å². The summed E-state index contributed by atoms with van der Waals surface area (Å²) in [4.78, 5) is 12.8. The van der Waals surface area contributed by atoms with E-state index in [-0.39, 0.29) is 33.3 Å². The van der Waals surface area contributed by atoms with Gasteiger partial charge in [0.2, 0.25) is 5.43 Å². The van der Waals surface area contributed by atoms with Crippen LogP contribution in [0.4, 0.5) is 0 Å². The van der Waals surface area contributed by atoms with Crippen LogP contribution < -0.4 is 10.2 Å². The summed E-state index contributed by atoms with van der Waals surface area (Å²) in [6, 6.07) is 5.90. The van der Waals surface area contributed by atoms with Gasteiger partial charge in [0.25, 0.3) is 0 Å². The summed E-state index contributed by atoms with van der Waals surface area (Å²) in [5.74, 6) is 0.275. The second-order valence-corrected chi connectivity index (χ2v) is 5.85. The monoisotopic (exact) mass is 326 g/mol. The first-order valence-electron chi connectivity index (χ1n) is 7.55. The van der Waals surface area contributed by atoms with Crippen molar-refractivity contribution in [3.05, 3.63) is 52.2 Å². The predicted octanol–water partition coefficient (Wildman–Crippen LogP) is 3.87. The van der Waals surface area contributed by atoms with Gasteiger partial charge >= 0.3 is 0 Å². The van der Waals surface area contributed by atoms with Crippen molar-refractivity contribution in [2.45, 2.75) is 19.8 Å². The maximum Gasteiger partial charge on any atom is 0.204 e. The summed E-state index contributed by atoms with van der Waals surface area (Å²) in [7, 11) is 1.50. The molecular formula is C19H18O5. The minimum absolute atomic E-state index is 0.0374. The third-order valence-corrected chi connectivity index (χ3v) is 4.01. The topological polar surface area (TPSA) is 79.9 Å². The van der Waals surface area contributed by atoms with Crippen molar-refractivity contribution in [2.75, 3.05) is 7.11 Å².